The predicted octanol–water partition coefficient (Wildman–Crippen LogP) is 5.01. The van der Waals surface area contributed by atoms with E-state index >= 15 is 0 Å². The average Bonchev–Trinajstić information content (AvgIpc) is 3.08. The highest BCUT2D eigenvalue weighted by atomic mass is 16.4. The molecule has 0 saturated heterocycles. The Bertz CT molecular complexity index is 573. The molecule has 0 fully saturated rings. The van der Waals surface area contributed by atoms with Crippen LogP contribution in [-0.4, -0.2) is 28.7 Å². The minimum absolute atomic E-state index is 0.137. The molecule has 0 bridgehead atoms. The van der Waals surface area contributed by atoms with E-state index in [1.54, 1.807) is 6.20 Å². The molecule has 1 amide bonds. The van der Waals surface area contributed by atoms with E-state index in [1.807, 2.05) is 36.5 Å². The number of carboxylic acid groups (broad SMARTS) is 1. The molecule has 4 heteroatoms. The molecule has 1 aliphatic rings. The Kier molecular flexibility index (Phi) is 9.40. The lowest BCUT2D eigenvalue weighted by Crippen LogP contribution is -2.55. The van der Waals surface area contributed by atoms with Crippen molar-refractivity contribution in [3.05, 3.63) is 48.3 Å². The van der Waals surface area contributed by atoms with Crippen molar-refractivity contribution in [3.63, 3.8) is 0 Å². The summed E-state index contributed by atoms with van der Waals surface area (Å²) in [6.45, 7) is 4.09. The number of rotatable bonds is 13. The quantitative estimate of drug-likeness (QED) is 0.361. The summed E-state index contributed by atoms with van der Waals surface area (Å²) in [5.74, 6) is 0. The molecule has 0 spiro atoms. The van der Waals surface area contributed by atoms with Crippen molar-refractivity contribution < 1.29 is 14.4 Å². The first kappa shape index (κ1) is 21.5. The molecule has 27 heavy (non-hydrogen) atoms. The van der Waals surface area contributed by atoms with E-state index in [0.29, 0.717) is 13.2 Å². The molecule has 1 atom stereocenters. The highest BCUT2D eigenvalue weighted by Crippen LogP contribution is 2.23. The number of nitrogens with zero attached hydrogens (tertiary/aromatic N) is 2. The number of carbonyl (C=O) groups is 1. The maximum atomic E-state index is 11.8. The smallest absolute Gasteiger partial charge is 0.264 e. The average molecular weight is 373 g/mol. The van der Waals surface area contributed by atoms with Crippen LogP contribution in [0.1, 0.15) is 76.7 Å². The molecule has 0 radical (unpaired) electrons. The monoisotopic (exact) mass is 372 g/mol. The zero-order valence-electron chi connectivity index (χ0n) is 16.9. The first-order valence-corrected chi connectivity index (χ1v) is 10.7. The van der Waals surface area contributed by atoms with Gasteiger partial charge in [0.2, 0.25) is 0 Å². The number of benzene rings is 1. The van der Waals surface area contributed by atoms with Gasteiger partial charge >= 0.3 is 0 Å². The minimum atomic E-state index is -1.03. The Hall–Kier alpha value is -1.81. The van der Waals surface area contributed by atoms with Crippen LogP contribution in [0.3, 0.4) is 0 Å². The summed E-state index contributed by atoms with van der Waals surface area (Å²) in [4.78, 5) is 13.9. The number of unbranched alkanes of at least 4 members (excludes halogenated alkanes) is 9. The van der Waals surface area contributed by atoms with Crippen molar-refractivity contribution in [3.8, 4) is 0 Å². The molecule has 0 saturated carbocycles. The second-order valence-electron chi connectivity index (χ2n) is 7.88. The summed E-state index contributed by atoms with van der Waals surface area (Å²) in [5, 5.41) is 11.8. The Morgan fingerprint density at radius 1 is 0.963 bits per heavy atom. The molecule has 1 unspecified atom stereocenters. The minimum Gasteiger partial charge on any atom is -0.498 e. The lowest BCUT2D eigenvalue weighted by atomic mass is 10.1. The third kappa shape index (κ3) is 7.37. The normalized spacial score (nSPS) is 18.9. The lowest BCUT2D eigenvalue weighted by Gasteiger charge is -2.32. The van der Waals surface area contributed by atoms with Crippen LogP contribution in [0.2, 0.25) is 0 Å². The van der Waals surface area contributed by atoms with E-state index in [1.165, 1.54) is 57.8 Å². The van der Waals surface area contributed by atoms with E-state index in [0.717, 1.165) is 18.5 Å². The highest BCUT2D eigenvalue weighted by Gasteiger charge is 2.34. The van der Waals surface area contributed by atoms with Gasteiger partial charge in [-0.05, 0) is 6.42 Å². The second-order valence-corrected chi connectivity index (χ2v) is 7.88. The number of quaternary nitrogens is 1. The topological polar surface area (TPSA) is 43.4 Å². The van der Waals surface area contributed by atoms with Gasteiger partial charge in [-0.3, -0.25) is 0 Å². The van der Waals surface area contributed by atoms with Gasteiger partial charge in [0.15, 0.2) is 6.67 Å². The summed E-state index contributed by atoms with van der Waals surface area (Å²) in [5.41, 5.74) is 1.02. The van der Waals surface area contributed by atoms with Crippen LogP contribution in [0.5, 0.6) is 0 Å². The van der Waals surface area contributed by atoms with Gasteiger partial charge in [0.25, 0.3) is 6.09 Å². The van der Waals surface area contributed by atoms with Gasteiger partial charge in [0, 0.05) is 12.1 Å². The van der Waals surface area contributed by atoms with E-state index in [9.17, 15) is 9.90 Å². The third-order valence-corrected chi connectivity index (χ3v) is 5.47. The molecule has 1 aromatic rings. The van der Waals surface area contributed by atoms with Crippen molar-refractivity contribution in [2.75, 3.05) is 13.2 Å². The first-order valence-electron chi connectivity index (χ1n) is 10.7. The highest BCUT2D eigenvalue weighted by molar-refractivity contribution is 5.55. The van der Waals surface area contributed by atoms with Gasteiger partial charge in [-0.1, -0.05) is 95.0 Å². The lowest BCUT2D eigenvalue weighted by molar-refractivity contribution is -0.843. The van der Waals surface area contributed by atoms with E-state index < -0.39 is 6.09 Å². The van der Waals surface area contributed by atoms with Gasteiger partial charge < -0.3 is 14.8 Å². The second kappa shape index (κ2) is 11.8. The summed E-state index contributed by atoms with van der Waals surface area (Å²) in [7, 11) is 0. The van der Waals surface area contributed by atoms with E-state index in [4.69, 9.17) is 0 Å². The Morgan fingerprint density at radius 2 is 1.56 bits per heavy atom. The maximum absolute atomic E-state index is 11.8. The number of hydrogen-bond acceptors (Lipinski definition) is 3. The Labute approximate surface area is 165 Å². The van der Waals surface area contributed by atoms with Crippen LogP contribution in [0, 0.1) is 0 Å². The van der Waals surface area contributed by atoms with Gasteiger partial charge in [0.1, 0.15) is 12.7 Å². The molecule has 4 nitrogen and oxygen atoms in total. The molecule has 0 N–H and O–H groups in total. The van der Waals surface area contributed by atoms with Crippen molar-refractivity contribution in [1.82, 2.24) is 4.90 Å². The Balaban J connectivity index is 1.62. The zero-order valence-corrected chi connectivity index (χ0v) is 16.9. The van der Waals surface area contributed by atoms with Crippen LogP contribution >= 0.6 is 0 Å². The Morgan fingerprint density at radius 3 is 2.15 bits per heavy atom. The fraction of sp³-hybridized carbons (Fsp3) is 0.609. The van der Waals surface area contributed by atoms with Crippen LogP contribution in [0.15, 0.2) is 42.7 Å². The SMILES string of the molecule is CCCCCCCCCCCCN1C=C[N+](Cc2ccccc2)(C(=O)[O-])C1. The van der Waals surface area contributed by atoms with Gasteiger partial charge in [-0.15, -0.1) is 0 Å². The van der Waals surface area contributed by atoms with E-state index in [2.05, 4.69) is 11.8 Å². The molecular weight excluding hydrogens is 336 g/mol. The summed E-state index contributed by atoms with van der Waals surface area (Å²) in [6, 6.07) is 9.79. The molecular formula is C23H36N2O2. The molecule has 150 valence electrons. The number of carbonyl (C=O) groups excluding carboxylic acids is 1. The van der Waals surface area contributed by atoms with Crippen molar-refractivity contribution in [1.29, 1.82) is 0 Å². The third-order valence-electron chi connectivity index (χ3n) is 5.47. The number of hydrogen-bond donors (Lipinski definition) is 0. The van der Waals surface area contributed by atoms with Crippen molar-refractivity contribution >= 4 is 6.09 Å². The standard InChI is InChI=1S/C23H36N2O2/c1-2-3-4-5-6-7-8-9-10-14-17-24-18-19-25(21-24,23(26)27)20-22-15-12-11-13-16-22/h11-13,15-16,18-19H,2-10,14,17,20-21H2,1H3. The number of amides is 1. The summed E-state index contributed by atoms with van der Waals surface area (Å²) in [6.07, 6.45) is 15.8. The molecule has 0 aliphatic carbocycles. The predicted molar refractivity (Wildman–Crippen MR) is 108 cm³/mol. The first-order chi connectivity index (χ1) is 13.2. The molecule has 1 aliphatic heterocycles. The maximum Gasteiger partial charge on any atom is 0.264 e. The molecule has 0 aromatic heterocycles. The largest absolute Gasteiger partial charge is 0.498 e. The molecule has 2 rings (SSSR count). The van der Waals surface area contributed by atoms with Crippen LogP contribution in [-0.2, 0) is 6.54 Å². The van der Waals surface area contributed by atoms with Crippen LogP contribution in [0.4, 0.5) is 4.79 Å². The van der Waals surface area contributed by atoms with Crippen molar-refractivity contribution in [2.24, 2.45) is 0 Å². The van der Waals surface area contributed by atoms with Gasteiger partial charge in [-0.25, -0.2) is 4.48 Å². The molecule has 1 heterocycles. The van der Waals surface area contributed by atoms with Gasteiger partial charge in [-0.2, -0.15) is 0 Å². The van der Waals surface area contributed by atoms with Crippen LogP contribution < -0.4 is 5.11 Å². The molecule has 1 aromatic carbocycles. The fourth-order valence-corrected chi connectivity index (χ4v) is 3.78. The fourth-order valence-electron chi connectivity index (χ4n) is 3.78. The zero-order chi connectivity index (χ0) is 19.4. The van der Waals surface area contributed by atoms with Gasteiger partial charge in [0.05, 0.1) is 6.20 Å². The van der Waals surface area contributed by atoms with Crippen LogP contribution in [0.25, 0.3) is 0 Å². The van der Waals surface area contributed by atoms with E-state index in [-0.39, 0.29) is 4.48 Å². The van der Waals surface area contributed by atoms with Crippen molar-refractivity contribution in [2.45, 2.75) is 77.7 Å². The summed E-state index contributed by atoms with van der Waals surface area (Å²) < 4.78 is -0.137. The summed E-state index contributed by atoms with van der Waals surface area (Å²) >= 11 is 0.